The lowest BCUT2D eigenvalue weighted by Crippen LogP contribution is -2.58. The van der Waals surface area contributed by atoms with Crippen LogP contribution in [0.4, 0.5) is 0 Å². The molecule has 1 rings (SSSR count). The number of carbonyl (C=O) groups excluding carboxylic acids is 1. The van der Waals surface area contributed by atoms with Crippen molar-refractivity contribution >= 4 is 5.91 Å². The number of nitrogens with one attached hydrogen (secondary N) is 1. The lowest BCUT2D eigenvalue weighted by atomic mass is 9.85. The molecule has 1 aliphatic carbocycles. The minimum Gasteiger partial charge on any atom is -0.388 e. The largest absolute Gasteiger partial charge is 0.388 e. The molecule has 1 amide bonds. The molecule has 4 nitrogen and oxygen atoms in total. The second-order valence-electron chi connectivity index (χ2n) is 5.94. The zero-order valence-corrected chi connectivity index (χ0v) is 10.7. The fraction of sp³-hybridized carbons (Fsp3) is 0.917. The number of nitrogens with two attached hydrogens (primary N) is 1. The van der Waals surface area contributed by atoms with Gasteiger partial charge >= 0.3 is 0 Å². The van der Waals surface area contributed by atoms with Gasteiger partial charge in [-0.25, -0.2) is 0 Å². The van der Waals surface area contributed by atoms with Crippen LogP contribution in [0.15, 0.2) is 0 Å². The molecule has 94 valence electrons. The fourth-order valence-electron chi connectivity index (χ4n) is 1.46. The van der Waals surface area contributed by atoms with Gasteiger partial charge in [0.2, 0.25) is 5.91 Å². The maximum absolute atomic E-state index is 11.7. The van der Waals surface area contributed by atoms with Gasteiger partial charge in [-0.1, -0.05) is 0 Å². The molecule has 0 heterocycles. The first kappa shape index (κ1) is 13.5. The van der Waals surface area contributed by atoms with Gasteiger partial charge in [0, 0.05) is 12.5 Å². The summed E-state index contributed by atoms with van der Waals surface area (Å²) >= 11 is 0. The molecule has 0 aliphatic heterocycles. The van der Waals surface area contributed by atoms with Crippen LogP contribution < -0.4 is 11.1 Å². The Balaban J connectivity index is 2.43. The van der Waals surface area contributed by atoms with E-state index < -0.39 is 11.1 Å². The van der Waals surface area contributed by atoms with E-state index in [1.807, 2.05) is 13.8 Å². The van der Waals surface area contributed by atoms with Crippen molar-refractivity contribution in [1.29, 1.82) is 0 Å². The first-order valence-electron chi connectivity index (χ1n) is 5.92. The Kier molecular flexibility index (Phi) is 3.65. The summed E-state index contributed by atoms with van der Waals surface area (Å²) < 4.78 is 0. The molecule has 0 aromatic carbocycles. The molecule has 16 heavy (non-hydrogen) atoms. The highest BCUT2D eigenvalue weighted by atomic mass is 16.3. The zero-order valence-electron chi connectivity index (χ0n) is 10.7. The summed E-state index contributed by atoms with van der Waals surface area (Å²) in [6, 6.07) is -0.0300. The van der Waals surface area contributed by atoms with E-state index in [4.69, 9.17) is 5.73 Å². The van der Waals surface area contributed by atoms with Crippen LogP contribution in [0.25, 0.3) is 0 Å². The van der Waals surface area contributed by atoms with Crippen LogP contribution in [0, 0.1) is 5.92 Å². The molecule has 0 saturated heterocycles. The summed E-state index contributed by atoms with van der Waals surface area (Å²) in [6.07, 6.45) is 2.64. The van der Waals surface area contributed by atoms with Gasteiger partial charge in [0.1, 0.15) is 0 Å². The summed E-state index contributed by atoms with van der Waals surface area (Å²) in [7, 11) is 0. The third-order valence-electron chi connectivity index (χ3n) is 3.63. The standard InChI is InChI=1S/C12H24N2O2/c1-11(2,12(3,4)16)14-10(15)7-9(13)8-5-6-8/h8-9,16H,5-7,13H2,1-4H3,(H,14,15). The van der Waals surface area contributed by atoms with Gasteiger partial charge in [0.25, 0.3) is 0 Å². The molecular formula is C12H24N2O2. The SMILES string of the molecule is CC(C)(O)C(C)(C)NC(=O)CC(N)C1CC1. The molecule has 0 aromatic rings. The van der Waals surface area contributed by atoms with Crippen molar-refractivity contribution in [2.75, 3.05) is 0 Å². The molecule has 0 aromatic heterocycles. The topological polar surface area (TPSA) is 75.3 Å². The summed E-state index contributed by atoms with van der Waals surface area (Å²) in [4.78, 5) is 11.7. The van der Waals surface area contributed by atoms with E-state index in [1.54, 1.807) is 13.8 Å². The van der Waals surface area contributed by atoms with Gasteiger partial charge in [-0.05, 0) is 46.5 Å². The van der Waals surface area contributed by atoms with Gasteiger partial charge in [-0.2, -0.15) is 0 Å². The van der Waals surface area contributed by atoms with Crippen molar-refractivity contribution in [2.24, 2.45) is 11.7 Å². The maximum atomic E-state index is 11.7. The second-order valence-corrected chi connectivity index (χ2v) is 5.94. The summed E-state index contributed by atoms with van der Waals surface area (Å²) in [5.41, 5.74) is 4.29. The van der Waals surface area contributed by atoms with Crippen molar-refractivity contribution in [3.05, 3.63) is 0 Å². The van der Waals surface area contributed by atoms with E-state index in [9.17, 15) is 9.90 Å². The van der Waals surface area contributed by atoms with Gasteiger partial charge in [-0.3, -0.25) is 4.79 Å². The maximum Gasteiger partial charge on any atom is 0.222 e. The molecule has 0 bridgehead atoms. The van der Waals surface area contributed by atoms with E-state index in [1.165, 1.54) is 0 Å². The predicted octanol–water partition coefficient (Wildman–Crippen LogP) is 0.779. The Morgan fingerprint density at radius 3 is 2.31 bits per heavy atom. The Labute approximate surface area is 97.6 Å². The zero-order chi connectivity index (χ0) is 12.6. The predicted molar refractivity (Wildman–Crippen MR) is 63.8 cm³/mol. The highest BCUT2D eigenvalue weighted by molar-refractivity contribution is 5.77. The third-order valence-corrected chi connectivity index (χ3v) is 3.63. The molecule has 4 heteroatoms. The average molecular weight is 228 g/mol. The molecule has 0 spiro atoms. The molecule has 4 N–H and O–H groups in total. The van der Waals surface area contributed by atoms with Crippen LogP contribution in [0.5, 0.6) is 0 Å². The van der Waals surface area contributed by atoms with E-state index in [0.717, 1.165) is 12.8 Å². The number of amides is 1. The first-order chi connectivity index (χ1) is 7.13. The summed E-state index contributed by atoms with van der Waals surface area (Å²) in [6.45, 7) is 7.00. The van der Waals surface area contributed by atoms with Crippen LogP contribution in [0.2, 0.25) is 0 Å². The molecular weight excluding hydrogens is 204 g/mol. The van der Waals surface area contributed by atoms with Crippen molar-refractivity contribution in [2.45, 2.75) is 64.1 Å². The highest BCUT2D eigenvalue weighted by Gasteiger charge is 2.37. The lowest BCUT2D eigenvalue weighted by Gasteiger charge is -2.38. The number of hydrogen-bond acceptors (Lipinski definition) is 3. The van der Waals surface area contributed by atoms with E-state index >= 15 is 0 Å². The number of aliphatic hydroxyl groups is 1. The molecule has 1 fully saturated rings. The summed E-state index contributed by atoms with van der Waals surface area (Å²) in [5, 5.41) is 12.7. The van der Waals surface area contributed by atoms with E-state index in [0.29, 0.717) is 12.3 Å². The number of rotatable bonds is 5. The van der Waals surface area contributed by atoms with Crippen molar-refractivity contribution in [3.63, 3.8) is 0 Å². The fourth-order valence-corrected chi connectivity index (χ4v) is 1.46. The summed E-state index contributed by atoms with van der Waals surface area (Å²) in [5.74, 6) is 0.447. The Hall–Kier alpha value is -0.610. The molecule has 1 aliphatic rings. The van der Waals surface area contributed by atoms with Gasteiger partial charge in [0.15, 0.2) is 0 Å². The Bertz CT molecular complexity index is 265. The molecule has 1 unspecified atom stereocenters. The van der Waals surface area contributed by atoms with Crippen LogP contribution in [0.1, 0.15) is 47.0 Å². The smallest absolute Gasteiger partial charge is 0.222 e. The molecule has 1 atom stereocenters. The Morgan fingerprint density at radius 2 is 1.94 bits per heavy atom. The van der Waals surface area contributed by atoms with Gasteiger partial charge in [-0.15, -0.1) is 0 Å². The van der Waals surface area contributed by atoms with Crippen LogP contribution >= 0.6 is 0 Å². The normalized spacial score (nSPS) is 19.4. The van der Waals surface area contributed by atoms with Crippen molar-refractivity contribution in [3.8, 4) is 0 Å². The third kappa shape index (κ3) is 3.46. The Morgan fingerprint density at radius 1 is 1.44 bits per heavy atom. The van der Waals surface area contributed by atoms with E-state index in [2.05, 4.69) is 5.32 Å². The van der Waals surface area contributed by atoms with E-state index in [-0.39, 0.29) is 11.9 Å². The van der Waals surface area contributed by atoms with Gasteiger partial charge in [0.05, 0.1) is 11.1 Å². The minimum atomic E-state index is -0.952. The monoisotopic (exact) mass is 228 g/mol. The number of hydrogen-bond donors (Lipinski definition) is 3. The quantitative estimate of drug-likeness (QED) is 0.651. The van der Waals surface area contributed by atoms with Crippen LogP contribution in [-0.2, 0) is 4.79 Å². The minimum absolute atomic E-state index is 0.0300. The molecule has 1 saturated carbocycles. The van der Waals surface area contributed by atoms with Crippen LogP contribution in [0.3, 0.4) is 0 Å². The highest BCUT2D eigenvalue weighted by Crippen LogP contribution is 2.32. The number of carbonyl (C=O) groups is 1. The first-order valence-corrected chi connectivity index (χ1v) is 5.92. The molecule has 0 radical (unpaired) electrons. The average Bonchev–Trinajstić information content (AvgIpc) is 2.80. The van der Waals surface area contributed by atoms with Crippen LogP contribution in [-0.4, -0.2) is 28.2 Å². The van der Waals surface area contributed by atoms with Crippen molar-refractivity contribution < 1.29 is 9.90 Å². The van der Waals surface area contributed by atoms with Crippen molar-refractivity contribution in [1.82, 2.24) is 5.32 Å². The van der Waals surface area contributed by atoms with Gasteiger partial charge < -0.3 is 16.2 Å². The lowest BCUT2D eigenvalue weighted by molar-refractivity contribution is -0.126. The second kappa shape index (κ2) is 4.34.